The van der Waals surface area contributed by atoms with Crippen molar-refractivity contribution in [2.45, 2.75) is 96.9 Å². The minimum Gasteiger partial charge on any atom is -0.459 e. The van der Waals surface area contributed by atoms with Crippen LogP contribution in [0.4, 0.5) is 4.39 Å². The van der Waals surface area contributed by atoms with E-state index >= 15 is 4.39 Å². The number of rotatable bonds is 4. The standard InChI is InChI=1S/C25H37FO6/c1-14(27)31-13-21(30)20-8-7-18-19-6-5-16-11-17(29)9-10-24(16,4)25(19,26)22(32-15(2)28)12-23(18,20)3/h16-20,22,29H,5-13H2,1-4H3/t16-,17-,18+,19+,20-,22-,23+,24+,25+/m1/s1. The Labute approximate surface area is 189 Å². The number of hydrogen-bond donors (Lipinski definition) is 1. The van der Waals surface area contributed by atoms with Gasteiger partial charge >= 0.3 is 11.9 Å². The van der Waals surface area contributed by atoms with Gasteiger partial charge in [0.2, 0.25) is 0 Å². The second-order valence-electron chi connectivity index (χ2n) is 11.3. The third kappa shape index (κ3) is 3.41. The van der Waals surface area contributed by atoms with Gasteiger partial charge in [0.25, 0.3) is 0 Å². The highest BCUT2D eigenvalue weighted by atomic mass is 19.1. The molecular weight excluding hydrogens is 415 g/mol. The first-order chi connectivity index (χ1) is 14.9. The van der Waals surface area contributed by atoms with Crippen LogP contribution in [0.15, 0.2) is 0 Å². The maximum Gasteiger partial charge on any atom is 0.303 e. The van der Waals surface area contributed by atoms with E-state index in [9.17, 15) is 19.5 Å². The van der Waals surface area contributed by atoms with Gasteiger partial charge in [-0.05, 0) is 68.6 Å². The van der Waals surface area contributed by atoms with Crippen molar-refractivity contribution < 1.29 is 33.4 Å². The van der Waals surface area contributed by atoms with Gasteiger partial charge in [0.15, 0.2) is 11.5 Å². The summed E-state index contributed by atoms with van der Waals surface area (Å²) in [6, 6.07) is 0. The van der Waals surface area contributed by atoms with E-state index in [1.54, 1.807) is 0 Å². The Kier molecular flexibility index (Phi) is 5.96. The Balaban J connectivity index is 1.70. The molecule has 0 spiro atoms. The summed E-state index contributed by atoms with van der Waals surface area (Å²) in [5.41, 5.74) is -2.86. The Morgan fingerprint density at radius 3 is 2.34 bits per heavy atom. The van der Waals surface area contributed by atoms with Gasteiger partial charge in [0, 0.05) is 31.1 Å². The fraction of sp³-hybridized carbons (Fsp3) is 0.880. The molecule has 0 aromatic heterocycles. The molecule has 4 aliphatic rings. The number of alkyl halides is 1. The average Bonchev–Trinajstić information content (AvgIpc) is 3.04. The Morgan fingerprint density at radius 1 is 1.00 bits per heavy atom. The van der Waals surface area contributed by atoms with Crippen molar-refractivity contribution in [2.24, 2.45) is 34.5 Å². The summed E-state index contributed by atoms with van der Waals surface area (Å²) < 4.78 is 28.3. The van der Waals surface area contributed by atoms with Gasteiger partial charge in [0.1, 0.15) is 12.7 Å². The number of carbonyl (C=O) groups excluding carboxylic acids is 3. The SMILES string of the molecule is CC(=O)OCC(=O)[C@H]1CC[C@H]2[C@@H]3CC[C@@H]4C[C@H](O)CC[C@]4(C)[C@@]3(F)[C@H](OC(C)=O)C[C@]12C. The summed E-state index contributed by atoms with van der Waals surface area (Å²) in [4.78, 5) is 36.3. The van der Waals surface area contributed by atoms with Crippen LogP contribution in [0.5, 0.6) is 0 Å². The number of ether oxygens (including phenoxy) is 2. The molecule has 0 aromatic rings. The summed E-state index contributed by atoms with van der Waals surface area (Å²) in [7, 11) is 0. The molecule has 4 fully saturated rings. The van der Waals surface area contributed by atoms with Crippen molar-refractivity contribution in [1.29, 1.82) is 0 Å². The van der Waals surface area contributed by atoms with E-state index in [4.69, 9.17) is 9.47 Å². The highest BCUT2D eigenvalue weighted by Gasteiger charge is 2.73. The largest absolute Gasteiger partial charge is 0.459 e. The Hall–Kier alpha value is -1.50. The summed E-state index contributed by atoms with van der Waals surface area (Å²) >= 11 is 0. The lowest BCUT2D eigenvalue weighted by atomic mass is 9.42. The first kappa shape index (κ1) is 23.7. The van der Waals surface area contributed by atoms with Crippen LogP contribution in [0.1, 0.15) is 79.1 Å². The normalized spacial score (nSPS) is 47.6. The predicted octanol–water partition coefficient (Wildman–Crippen LogP) is 3.77. The molecule has 0 aliphatic heterocycles. The Bertz CT molecular complexity index is 799. The van der Waals surface area contributed by atoms with Crippen LogP contribution in [0.25, 0.3) is 0 Å². The van der Waals surface area contributed by atoms with Gasteiger partial charge in [-0.2, -0.15) is 0 Å². The second kappa shape index (κ2) is 8.07. The maximum atomic E-state index is 17.6. The van der Waals surface area contributed by atoms with Crippen LogP contribution in [-0.2, 0) is 23.9 Å². The molecule has 0 radical (unpaired) electrons. The van der Waals surface area contributed by atoms with Gasteiger partial charge < -0.3 is 14.6 Å². The molecule has 4 aliphatic carbocycles. The minimum atomic E-state index is -1.68. The maximum absolute atomic E-state index is 17.6. The van der Waals surface area contributed by atoms with Crippen LogP contribution in [-0.4, -0.2) is 47.3 Å². The number of halogens is 1. The van der Waals surface area contributed by atoms with Crippen molar-refractivity contribution in [1.82, 2.24) is 0 Å². The van der Waals surface area contributed by atoms with Crippen LogP contribution < -0.4 is 0 Å². The highest BCUT2D eigenvalue weighted by molar-refractivity contribution is 5.85. The minimum absolute atomic E-state index is 0.00945. The van der Waals surface area contributed by atoms with Crippen LogP contribution >= 0.6 is 0 Å². The summed E-state index contributed by atoms with van der Waals surface area (Å²) in [6.07, 6.45) is 3.60. The van der Waals surface area contributed by atoms with E-state index in [0.29, 0.717) is 38.5 Å². The lowest BCUT2D eigenvalue weighted by Gasteiger charge is -2.65. The quantitative estimate of drug-likeness (QED) is 0.653. The molecular formula is C25H37FO6. The van der Waals surface area contributed by atoms with Crippen LogP contribution in [0.2, 0.25) is 0 Å². The molecule has 0 saturated heterocycles. The number of esters is 2. The molecule has 9 atom stereocenters. The van der Waals surface area contributed by atoms with Crippen molar-refractivity contribution >= 4 is 17.7 Å². The predicted molar refractivity (Wildman–Crippen MR) is 114 cm³/mol. The molecule has 32 heavy (non-hydrogen) atoms. The van der Waals surface area contributed by atoms with Crippen molar-refractivity contribution in [2.75, 3.05) is 6.61 Å². The molecule has 4 rings (SSSR count). The summed E-state index contributed by atoms with van der Waals surface area (Å²) in [5.74, 6) is -1.70. The molecule has 0 heterocycles. The van der Waals surface area contributed by atoms with E-state index in [1.807, 2.05) is 13.8 Å². The third-order valence-electron chi connectivity index (χ3n) is 9.80. The number of aliphatic hydroxyl groups is 1. The highest BCUT2D eigenvalue weighted by Crippen LogP contribution is 2.70. The van der Waals surface area contributed by atoms with Gasteiger partial charge in [-0.15, -0.1) is 0 Å². The Morgan fingerprint density at radius 2 is 1.69 bits per heavy atom. The second-order valence-corrected chi connectivity index (χ2v) is 11.3. The fourth-order valence-corrected chi connectivity index (χ4v) is 8.33. The fourth-order valence-electron chi connectivity index (χ4n) is 8.33. The lowest BCUT2D eigenvalue weighted by molar-refractivity contribution is -0.255. The van der Waals surface area contributed by atoms with E-state index in [2.05, 4.69) is 0 Å². The monoisotopic (exact) mass is 452 g/mol. The first-order valence-corrected chi connectivity index (χ1v) is 12.1. The zero-order valence-electron chi connectivity index (χ0n) is 19.7. The smallest absolute Gasteiger partial charge is 0.303 e. The van der Waals surface area contributed by atoms with E-state index in [0.717, 1.165) is 12.8 Å². The molecule has 180 valence electrons. The van der Waals surface area contributed by atoms with Gasteiger partial charge in [-0.25, -0.2) is 4.39 Å². The van der Waals surface area contributed by atoms with E-state index in [1.165, 1.54) is 13.8 Å². The van der Waals surface area contributed by atoms with Crippen molar-refractivity contribution in [3.05, 3.63) is 0 Å². The first-order valence-electron chi connectivity index (χ1n) is 12.1. The average molecular weight is 453 g/mol. The topological polar surface area (TPSA) is 89.9 Å². The molecule has 1 N–H and O–H groups in total. The van der Waals surface area contributed by atoms with E-state index < -0.39 is 40.6 Å². The number of aliphatic hydroxyl groups excluding tert-OH is 1. The van der Waals surface area contributed by atoms with Gasteiger partial charge in [-0.1, -0.05) is 13.8 Å². The molecule has 7 heteroatoms. The number of fused-ring (bicyclic) bond motifs is 5. The third-order valence-corrected chi connectivity index (χ3v) is 9.80. The van der Waals surface area contributed by atoms with Crippen molar-refractivity contribution in [3.63, 3.8) is 0 Å². The van der Waals surface area contributed by atoms with Gasteiger partial charge in [-0.3, -0.25) is 14.4 Å². The summed E-state index contributed by atoms with van der Waals surface area (Å²) in [6.45, 7) is 6.37. The summed E-state index contributed by atoms with van der Waals surface area (Å²) in [5, 5.41) is 10.2. The van der Waals surface area contributed by atoms with Crippen LogP contribution in [0.3, 0.4) is 0 Å². The molecule has 0 bridgehead atoms. The molecule has 6 nitrogen and oxygen atoms in total. The number of Topliss-reactive ketones (excluding diaryl/α,β-unsaturated/α-hetero) is 1. The molecule has 4 saturated carbocycles. The lowest BCUT2D eigenvalue weighted by Crippen LogP contribution is -2.70. The van der Waals surface area contributed by atoms with E-state index in [-0.39, 0.29) is 36.1 Å². The molecule has 0 unspecified atom stereocenters. The number of ketones is 1. The number of hydrogen-bond acceptors (Lipinski definition) is 6. The zero-order chi connectivity index (χ0) is 23.5. The van der Waals surface area contributed by atoms with Crippen molar-refractivity contribution in [3.8, 4) is 0 Å². The number of carbonyl (C=O) groups is 3. The molecule has 0 aromatic carbocycles. The van der Waals surface area contributed by atoms with Crippen LogP contribution in [0, 0.1) is 34.5 Å². The molecule has 0 amide bonds. The zero-order valence-corrected chi connectivity index (χ0v) is 19.7. The van der Waals surface area contributed by atoms with Gasteiger partial charge in [0.05, 0.1) is 6.10 Å².